The highest BCUT2D eigenvalue weighted by molar-refractivity contribution is 7.89. The quantitative estimate of drug-likeness (QED) is 0.371. The first-order valence-corrected chi connectivity index (χ1v) is 16.2. The zero-order chi connectivity index (χ0) is 29.2. The molecule has 1 atom stereocenters. The fraction of sp³-hybridized carbons (Fsp3) is 0.429. The van der Waals surface area contributed by atoms with Crippen molar-refractivity contribution in [1.82, 2.24) is 19.6 Å². The first-order chi connectivity index (χ1) is 20.2. The molecule has 1 saturated carbocycles. The number of aryl methyl sites for hydroxylation is 1. The molecule has 7 rings (SSSR count). The SMILES string of the molecule is Cc1nc(Nc2cccc(N3CCOC3=O)n2)sc1-c1cc2c(c(S(=O)(=O)NC3COC3)c1)C(=O)N(C(C)C1CC1)C2. The Morgan fingerprint density at radius 3 is 2.64 bits per heavy atom. The zero-order valence-electron chi connectivity index (χ0n) is 23.1. The summed E-state index contributed by atoms with van der Waals surface area (Å²) < 4.78 is 40.2. The fourth-order valence-electron chi connectivity index (χ4n) is 5.60. The Balaban J connectivity index is 1.23. The van der Waals surface area contributed by atoms with Gasteiger partial charge in [0.05, 0.1) is 46.8 Å². The number of ether oxygens (including phenoxy) is 2. The van der Waals surface area contributed by atoms with Gasteiger partial charge in [-0.1, -0.05) is 17.4 Å². The highest BCUT2D eigenvalue weighted by Gasteiger charge is 2.42. The number of pyridine rings is 1. The van der Waals surface area contributed by atoms with Crippen LogP contribution in [-0.4, -0.2) is 73.7 Å². The maximum Gasteiger partial charge on any atom is 0.415 e. The zero-order valence-corrected chi connectivity index (χ0v) is 24.8. The fourth-order valence-corrected chi connectivity index (χ4v) is 8.04. The molecule has 42 heavy (non-hydrogen) atoms. The number of carbonyl (C=O) groups is 2. The van der Waals surface area contributed by atoms with Gasteiger partial charge in [0.25, 0.3) is 5.91 Å². The number of rotatable bonds is 9. The molecule has 1 unspecified atom stereocenters. The molecule has 0 radical (unpaired) electrons. The van der Waals surface area contributed by atoms with E-state index in [4.69, 9.17) is 9.47 Å². The van der Waals surface area contributed by atoms with E-state index >= 15 is 0 Å². The monoisotopic (exact) mass is 610 g/mol. The van der Waals surface area contributed by atoms with E-state index in [0.717, 1.165) is 17.7 Å². The summed E-state index contributed by atoms with van der Waals surface area (Å²) >= 11 is 1.36. The maximum absolute atomic E-state index is 13.6. The molecule has 0 bridgehead atoms. The predicted molar refractivity (Wildman–Crippen MR) is 155 cm³/mol. The lowest BCUT2D eigenvalue weighted by Gasteiger charge is -2.27. The maximum atomic E-state index is 13.6. The Hall–Kier alpha value is -3.59. The summed E-state index contributed by atoms with van der Waals surface area (Å²) in [6.45, 7) is 5.63. The van der Waals surface area contributed by atoms with Gasteiger partial charge in [0, 0.05) is 12.6 Å². The molecular weight excluding hydrogens is 580 g/mol. The molecule has 2 saturated heterocycles. The van der Waals surface area contributed by atoms with Crippen molar-refractivity contribution < 1.29 is 27.5 Å². The van der Waals surface area contributed by atoms with Crippen LogP contribution in [-0.2, 0) is 26.0 Å². The normalized spacial score (nSPS) is 19.6. The van der Waals surface area contributed by atoms with Crippen molar-refractivity contribution in [3.8, 4) is 10.4 Å². The van der Waals surface area contributed by atoms with Gasteiger partial charge in [0.2, 0.25) is 10.0 Å². The minimum atomic E-state index is -4.00. The van der Waals surface area contributed by atoms with Crippen LogP contribution < -0.4 is 14.9 Å². The van der Waals surface area contributed by atoms with Gasteiger partial charge in [-0.15, -0.1) is 0 Å². The van der Waals surface area contributed by atoms with Crippen molar-refractivity contribution in [3.05, 3.63) is 47.2 Å². The Labute approximate surface area is 247 Å². The van der Waals surface area contributed by atoms with Crippen LogP contribution in [0.2, 0.25) is 0 Å². The summed E-state index contributed by atoms with van der Waals surface area (Å²) in [5.74, 6) is 1.20. The Kier molecular flexibility index (Phi) is 6.68. The van der Waals surface area contributed by atoms with Gasteiger partial charge >= 0.3 is 6.09 Å². The number of carbonyl (C=O) groups excluding carboxylic acids is 2. The molecule has 12 nitrogen and oxygen atoms in total. The minimum absolute atomic E-state index is 0.00780. The number of amides is 2. The van der Waals surface area contributed by atoms with E-state index in [1.54, 1.807) is 29.2 Å². The van der Waals surface area contributed by atoms with E-state index in [1.165, 1.54) is 16.2 Å². The highest BCUT2D eigenvalue weighted by Crippen LogP contribution is 2.42. The van der Waals surface area contributed by atoms with Gasteiger partial charge < -0.3 is 19.7 Å². The lowest BCUT2D eigenvalue weighted by Crippen LogP contribution is -2.48. The largest absolute Gasteiger partial charge is 0.447 e. The van der Waals surface area contributed by atoms with Crippen molar-refractivity contribution in [2.75, 3.05) is 36.6 Å². The molecule has 3 aromatic rings. The minimum Gasteiger partial charge on any atom is -0.447 e. The van der Waals surface area contributed by atoms with Crippen molar-refractivity contribution in [1.29, 1.82) is 0 Å². The third-order valence-electron chi connectivity index (χ3n) is 8.11. The lowest BCUT2D eigenvalue weighted by atomic mass is 10.0. The van der Waals surface area contributed by atoms with Crippen LogP contribution in [0, 0.1) is 12.8 Å². The van der Waals surface area contributed by atoms with E-state index in [2.05, 4.69) is 20.0 Å². The summed E-state index contributed by atoms with van der Waals surface area (Å²) in [6.07, 6.45) is 1.73. The van der Waals surface area contributed by atoms with Crippen LogP contribution in [0.25, 0.3) is 10.4 Å². The van der Waals surface area contributed by atoms with Gasteiger partial charge in [0.1, 0.15) is 18.2 Å². The topological polar surface area (TPSA) is 143 Å². The molecule has 1 aliphatic carbocycles. The average Bonchev–Trinajstić information content (AvgIpc) is 3.48. The molecule has 14 heteroatoms. The number of nitrogens with one attached hydrogen (secondary N) is 2. The van der Waals surface area contributed by atoms with Crippen LogP contribution in [0.5, 0.6) is 0 Å². The van der Waals surface area contributed by atoms with Crippen LogP contribution in [0.4, 0.5) is 21.6 Å². The summed E-state index contributed by atoms with van der Waals surface area (Å²) in [4.78, 5) is 38.9. The number of benzene rings is 1. The number of sulfonamides is 1. The van der Waals surface area contributed by atoms with Gasteiger partial charge in [-0.25, -0.2) is 27.9 Å². The van der Waals surface area contributed by atoms with Crippen LogP contribution in [0.15, 0.2) is 35.2 Å². The van der Waals surface area contributed by atoms with Gasteiger partial charge in [-0.3, -0.25) is 9.69 Å². The Morgan fingerprint density at radius 2 is 1.95 bits per heavy atom. The molecule has 1 aromatic carbocycles. The number of thiazole rings is 1. The third-order valence-corrected chi connectivity index (χ3v) is 10.8. The van der Waals surface area contributed by atoms with E-state index in [0.29, 0.717) is 72.4 Å². The summed E-state index contributed by atoms with van der Waals surface area (Å²) in [6, 6.07) is 8.54. The third kappa shape index (κ3) is 4.91. The molecule has 2 N–H and O–H groups in total. The second-order valence-electron chi connectivity index (χ2n) is 11.1. The standard InChI is InChI=1S/C28H30N6O6S2/c1-15-25(41-27(29-15)31-22-4-3-5-23(30-22)33-8-9-40-28(33)36)18-10-19-12-34(16(2)17-6-7-17)26(35)24(19)21(11-18)42(37,38)32-20-13-39-14-20/h3-5,10-11,16-17,20,32H,6-9,12-14H2,1-2H3,(H,29,30,31). The van der Waals surface area contributed by atoms with Crippen LogP contribution in [0.1, 0.15) is 41.4 Å². The first kappa shape index (κ1) is 27.3. The van der Waals surface area contributed by atoms with E-state index < -0.39 is 16.1 Å². The highest BCUT2D eigenvalue weighted by atomic mass is 32.2. The molecule has 220 valence electrons. The number of cyclic esters (lactones) is 1. The second-order valence-corrected chi connectivity index (χ2v) is 13.8. The number of hydrogen-bond acceptors (Lipinski definition) is 10. The van der Waals surface area contributed by atoms with Crippen molar-refractivity contribution in [2.45, 2.75) is 50.2 Å². The number of anilines is 3. The summed E-state index contributed by atoms with van der Waals surface area (Å²) in [7, 11) is -4.00. The van der Waals surface area contributed by atoms with E-state index in [1.807, 2.05) is 19.9 Å². The van der Waals surface area contributed by atoms with Crippen molar-refractivity contribution in [3.63, 3.8) is 0 Å². The smallest absolute Gasteiger partial charge is 0.415 e. The molecular formula is C28H30N6O6S2. The molecule has 3 fully saturated rings. The summed E-state index contributed by atoms with van der Waals surface area (Å²) in [5.41, 5.74) is 2.33. The molecule has 2 aromatic heterocycles. The Morgan fingerprint density at radius 1 is 1.14 bits per heavy atom. The van der Waals surface area contributed by atoms with Crippen LogP contribution in [0.3, 0.4) is 0 Å². The van der Waals surface area contributed by atoms with Gasteiger partial charge in [-0.2, -0.15) is 0 Å². The number of nitrogens with zero attached hydrogens (tertiary/aromatic N) is 4. The molecule has 5 heterocycles. The van der Waals surface area contributed by atoms with E-state index in [-0.39, 0.29) is 28.4 Å². The van der Waals surface area contributed by atoms with E-state index in [9.17, 15) is 18.0 Å². The number of aromatic nitrogens is 2. The molecule has 3 aliphatic heterocycles. The van der Waals surface area contributed by atoms with Crippen LogP contribution >= 0.6 is 11.3 Å². The van der Waals surface area contributed by atoms with Crippen molar-refractivity contribution in [2.24, 2.45) is 5.92 Å². The second kappa shape index (κ2) is 10.3. The summed E-state index contributed by atoms with van der Waals surface area (Å²) in [5, 5.41) is 3.77. The predicted octanol–water partition coefficient (Wildman–Crippen LogP) is 3.65. The lowest BCUT2D eigenvalue weighted by molar-refractivity contribution is 0.00481. The van der Waals surface area contributed by atoms with Gasteiger partial charge in [-0.05, 0) is 68.0 Å². The van der Waals surface area contributed by atoms with Gasteiger partial charge in [0.15, 0.2) is 5.13 Å². The first-order valence-electron chi connectivity index (χ1n) is 13.9. The molecule has 2 amide bonds. The average molecular weight is 611 g/mol. The number of hydrogen-bond donors (Lipinski definition) is 2. The molecule has 0 spiro atoms. The van der Waals surface area contributed by atoms with Crippen molar-refractivity contribution >= 4 is 50.1 Å². The number of fused-ring (bicyclic) bond motifs is 1. The Bertz CT molecular complexity index is 1700. The molecule has 4 aliphatic rings.